The third-order valence-corrected chi connectivity index (χ3v) is 7.33. The van der Waals surface area contributed by atoms with E-state index in [1.165, 1.54) is 22.5 Å². The first-order chi connectivity index (χ1) is 14.7. The molecule has 2 aromatic carbocycles. The molecule has 0 bridgehead atoms. The summed E-state index contributed by atoms with van der Waals surface area (Å²) in [5.41, 5.74) is 3.14. The van der Waals surface area contributed by atoms with Crippen LogP contribution in [0.5, 0.6) is 5.75 Å². The molecule has 1 unspecified atom stereocenters. The van der Waals surface area contributed by atoms with Gasteiger partial charge in [-0.25, -0.2) is 8.42 Å². The Morgan fingerprint density at radius 1 is 1.16 bits per heavy atom. The van der Waals surface area contributed by atoms with Gasteiger partial charge in [-0.15, -0.1) is 0 Å². The van der Waals surface area contributed by atoms with E-state index in [4.69, 9.17) is 4.74 Å². The number of fused-ring (bicyclic) bond motifs is 1. The van der Waals surface area contributed by atoms with Gasteiger partial charge in [0.25, 0.3) is 5.91 Å². The predicted molar refractivity (Wildman–Crippen MR) is 117 cm³/mol. The monoisotopic (exact) mass is 443 g/mol. The lowest BCUT2D eigenvalue weighted by Crippen LogP contribution is -2.43. The van der Waals surface area contributed by atoms with Crippen LogP contribution in [0.3, 0.4) is 0 Å². The molecule has 1 atom stereocenters. The number of carbonyl (C=O) groups is 2. The molecule has 2 aliphatic heterocycles. The molecule has 2 aromatic rings. The maximum Gasteiger partial charge on any atom is 0.262 e. The van der Waals surface area contributed by atoms with Crippen LogP contribution in [0.4, 0.5) is 11.4 Å². The van der Waals surface area contributed by atoms with Gasteiger partial charge in [0.2, 0.25) is 15.9 Å². The fourth-order valence-corrected chi connectivity index (χ4v) is 5.59. The first-order valence-electron chi connectivity index (χ1n) is 10.2. The quantitative estimate of drug-likeness (QED) is 0.756. The van der Waals surface area contributed by atoms with Crippen molar-refractivity contribution in [2.75, 3.05) is 30.3 Å². The van der Waals surface area contributed by atoms with Gasteiger partial charge in [-0.2, -0.15) is 4.31 Å². The Morgan fingerprint density at radius 2 is 1.90 bits per heavy atom. The molecule has 9 heteroatoms. The van der Waals surface area contributed by atoms with E-state index >= 15 is 0 Å². The SMILES string of the molecule is Cc1cc(C)cc(NC(=O)C2CCCN(S(=O)(=O)c3ccc4c(c3)NC(=O)CO4)C2)c1. The number of anilines is 2. The molecule has 1 saturated heterocycles. The van der Waals surface area contributed by atoms with Crippen molar-refractivity contribution in [1.82, 2.24) is 4.31 Å². The van der Waals surface area contributed by atoms with Crippen molar-refractivity contribution < 1.29 is 22.7 Å². The van der Waals surface area contributed by atoms with Crippen molar-refractivity contribution in [1.29, 1.82) is 0 Å². The van der Waals surface area contributed by atoms with E-state index in [1.807, 2.05) is 32.0 Å². The smallest absolute Gasteiger partial charge is 0.262 e. The maximum absolute atomic E-state index is 13.2. The zero-order valence-electron chi connectivity index (χ0n) is 17.5. The van der Waals surface area contributed by atoms with Crippen molar-refractivity contribution in [3.05, 3.63) is 47.5 Å². The van der Waals surface area contributed by atoms with Gasteiger partial charge in [0, 0.05) is 18.8 Å². The third kappa shape index (κ3) is 4.57. The Labute approximate surface area is 181 Å². The second-order valence-corrected chi connectivity index (χ2v) is 10.0. The highest BCUT2D eigenvalue weighted by atomic mass is 32.2. The summed E-state index contributed by atoms with van der Waals surface area (Å²) in [7, 11) is -3.82. The molecule has 2 heterocycles. The summed E-state index contributed by atoms with van der Waals surface area (Å²) in [5, 5.41) is 5.55. The van der Waals surface area contributed by atoms with Crippen LogP contribution in [0, 0.1) is 19.8 Å². The molecule has 4 rings (SSSR count). The zero-order valence-corrected chi connectivity index (χ0v) is 18.3. The number of nitrogens with zero attached hydrogens (tertiary/aromatic N) is 1. The molecule has 0 spiro atoms. The summed E-state index contributed by atoms with van der Waals surface area (Å²) in [5.74, 6) is -0.521. The number of amides is 2. The van der Waals surface area contributed by atoms with Crippen LogP contribution in [0.15, 0.2) is 41.3 Å². The third-order valence-electron chi connectivity index (χ3n) is 5.47. The number of piperidine rings is 1. The lowest BCUT2D eigenvalue weighted by atomic mass is 9.98. The number of hydrogen-bond acceptors (Lipinski definition) is 5. The van der Waals surface area contributed by atoms with E-state index in [9.17, 15) is 18.0 Å². The Hall–Kier alpha value is -2.91. The molecule has 0 radical (unpaired) electrons. The number of benzene rings is 2. The van der Waals surface area contributed by atoms with Gasteiger partial charge in [0.1, 0.15) is 5.75 Å². The second kappa shape index (κ2) is 8.32. The molecule has 2 N–H and O–H groups in total. The van der Waals surface area contributed by atoms with E-state index in [-0.39, 0.29) is 29.9 Å². The van der Waals surface area contributed by atoms with Crippen molar-refractivity contribution in [3.8, 4) is 5.75 Å². The first-order valence-corrected chi connectivity index (χ1v) is 11.6. The molecule has 164 valence electrons. The number of ether oxygens (including phenoxy) is 1. The van der Waals surface area contributed by atoms with Crippen LogP contribution in [-0.4, -0.2) is 44.2 Å². The highest BCUT2D eigenvalue weighted by molar-refractivity contribution is 7.89. The zero-order chi connectivity index (χ0) is 22.2. The van der Waals surface area contributed by atoms with Crippen LogP contribution in [0.1, 0.15) is 24.0 Å². The average molecular weight is 444 g/mol. The highest BCUT2D eigenvalue weighted by Crippen LogP contribution is 2.32. The fourth-order valence-electron chi connectivity index (χ4n) is 4.04. The topological polar surface area (TPSA) is 105 Å². The van der Waals surface area contributed by atoms with Crippen LogP contribution in [0.25, 0.3) is 0 Å². The Kier molecular flexibility index (Phi) is 5.72. The van der Waals surface area contributed by atoms with E-state index < -0.39 is 15.9 Å². The minimum Gasteiger partial charge on any atom is -0.482 e. The van der Waals surface area contributed by atoms with Gasteiger partial charge in [-0.3, -0.25) is 9.59 Å². The van der Waals surface area contributed by atoms with Gasteiger partial charge in [0.05, 0.1) is 16.5 Å². The highest BCUT2D eigenvalue weighted by Gasteiger charge is 2.34. The minimum atomic E-state index is -3.82. The van der Waals surface area contributed by atoms with Crippen LogP contribution < -0.4 is 15.4 Å². The van der Waals surface area contributed by atoms with Gasteiger partial charge in [-0.1, -0.05) is 6.07 Å². The second-order valence-electron chi connectivity index (χ2n) is 8.06. The summed E-state index contributed by atoms with van der Waals surface area (Å²) in [4.78, 5) is 24.5. The molecule has 2 aliphatic rings. The van der Waals surface area contributed by atoms with Gasteiger partial charge >= 0.3 is 0 Å². The summed E-state index contributed by atoms with van der Waals surface area (Å²) >= 11 is 0. The van der Waals surface area contributed by atoms with Gasteiger partial charge in [0.15, 0.2) is 6.61 Å². The molecule has 2 amide bonds. The number of rotatable bonds is 4. The predicted octanol–water partition coefficient (Wildman–Crippen LogP) is 2.67. The van der Waals surface area contributed by atoms with Crippen molar-refractivity contribution >= 4 is 33.2 Å². The van der Waals surface area contributed by atoms with E-state index in [2.05, 4.69) is 10.6 Å². The number of carbonyl (C=O) groups excluding carboxylic acids is 2. The first kappa shape index (κ1) is 21.3. The number of sulfonamides is 1. The number of hydrogen-bond donors (Lipinski definition) is 2. The van der Waals surface area contributed by atoms with Crippen LogP contribution in [0.2, 0.25) is 0 Å². The average Bonchev–Trinajstić information content (AvgIpc) is 2.72. The minimum absolute atomic E-state index is 0.0624. The summed E-state index contributed by atoms with van der Waals surface area (Å²) in [6.45, 7) is 4.28. The molecule has 0 aliphatic carbocycles. The lowest BCUT2D eigenvalue weighted by molar-refractivity contribution is -0.121. The molecular weight excluding hydrogens is 418 g/mol. The number of aryl methyl sites for hydroxylation is 2. The summed E-state index contributed by atoms with van der Waals surface area (Å²) in [6.07, 6.45) is 1.21. The molecule has 8 nitrogen and oxygen atoms in total. The number of nitrogens with one attached hydrogen (secondary N) is 2. The van der Waals surface area contributed by atoms with E-state index in [1.54, 1.807) is 0 Å². The van der Waals surface area contributed by atoms with Gasteiger partial charge < -0.3 is 15.4 Å². The van der Waals surface area contributed by atoms with E-state index in [0.29, 0.717) is 36.5 Å². The Bertz CT molecular complexity index is 1130. The van der Waals surface area contributed by atoms with Crippen LogP contribution in [-0.2, 0) is 19.6 Å². The van der Waals surface area contributed by atoms with Crippen molar-refractivity contribution in [2.45, 2.75) is 31.6 Å². The standard InChI is InChI=1S/C22H25N3O5S/c1-14-8-15(2)10-17(9-14)23-22(27)16-4-3-7-25(12-16)31(28,29)18-5-6-20-19(11-18)24-21(26)13-30-20/h5-6,8-11,16H,3-4,7,12-13H2,1-2H3,(H,23,27)(H,24,26). The normalized spacial score (nSPS) is 19.2. The van der Waals surface area contributed by atoms with E-state index in [0.717, 1.165) is 11.1 Å². The molecule has 0 aromatic heterocycles. The lowest BCUT2D eigenvalue weighted by Gasteiger charge is -2.31. The Balaban J connectivity index is 1.50. The Morgan fingerprint density at radius 3 is 2.65 bits per heavy atom. The molecule has 1 fully saturated rings. The van der Waals surface area contributed by atoms with Gasteiger partial charge in [-0.05, 0) is 68.1 Å². The summed E-state index contributed by atoms with van der Waals surface area (Å²) in [6, 6.07) is 10.2. The molecular formula is C22H25N3O5S. The maximum atomic E-state index is 13.2. The molecule has 31 heavy (non-hydrogen) atoms. The van der Waals surface area contributed by atoms with Crippen molar-refractivity contribution in [2.24, 2.45) is 5.92 Å². The van der Waals surface area contributed by atoms with Crippen LogP contribution >= 0.6 is 0 Å². The fraction of sp³-hybridized carbons (Fsp3) is 0.364. The van der Waals surface area contributed by atoms with Crippen molar-refractivity contribution in [3.63, 3.8) is 0 Å². The summed E-state index contributed by atoms with van der Waals surface area (Å²) < 4.78 is 33.1. The largest absolute Gasteiger partial charge is 0.482 e. The molecule has 0 saturated carbocycles.